The van der Waals surface area contributed by atoms with Crippen LogP contribution in [0.15, 0.2) is 71.8 Å². The third-order valence-electron chi connectivity index (χ3n) is 9.53. The van der Waals surface area contributed by atoms with E-state index in [1.54, 1.807) is 34.8 Å². The van der Waals surface area contributed by atoms with Gasteiger partial charge in [0, 0.05) is 36.1 Å². The first kappa shape index (κ1) is 32.4. The van der Waals surface area contributed by atoms with E-state index in [1.807, 2.05) is 24.3 Å². The number of hydrogen-bond acceptors (Lipinski definition) is 9. The van der Waals surface area contributed by atoms with Gasteiger partial charge < -0.3 is 23.5 Å². The molecular weight excluding hydrogens is 675 g/mol. The van der Waals surface area contributed by atoms with Gasteiger partial charge in [-0.3, -0.25) is 28.6 Å². The fourth-order valence-corrected chi connectivity index (χ4v) is 8.92. The van der Waals surface area contributed by atoms with Gasteiger partial charge in [0.2, 0.25) is 11.2 Å². The predicted octanol–water partition coefficient (Wildman–Crippen LogP) is 4.26. The minimum absolute atomic E-state index is 0.0260. The second-order valence-corrected chi connectivity index (χ2v) is 14.0. The van der Waals surface area contributed by atoms with Crippen molar-refractivity contribution in [3.63, 3.8) is 0 Å². The van der Waals surface area contributed by atoms with Gasteiger partial charge in [-0.05, 0) is 49.6 Å². The average molecular weight is 708 g/mol. The molecule has 50 heavy (non-hydrogen) atoms. The molecule has 3 atom stereocenters. The molecule has 8 rings (SSSR count). The summed E-state index contributed by atoms with van der Waals surface area (Å²) in [6, 6.07) is 13.7. The quantitative estimate of drug-likeness (QED) is 0.209. The molecule has 1 saturated carbocycles. The maximum atomic E-state index is 16.0. The van der Waals surface area contributed by atoms with E-state index in [9.17, 15) is 18.9 Å². The van der Waals surface area contributed by atoms with Crippen molar-refractivity contribution >= 4 is 19.6 Å². The van der Waals surface area contributed by atoms with Crippen molar-refractivity contribution in [3.05, 3.63) is 106 Å². The lowest BCUT2D eigenvalue weighted by molar-refractivity contribution is -0.143. The molecule has 5 heterocycles. The van der Waals surface area contributed by atoms with E-state index in [4.69, 9.17) is 18.5 Å². The first-order valence-corrected chi connectivity index (χ1v) is 17.7. The number of aromatic nitrogens is 2. The molecule has 1 aliphatic carbocycles. The van der Waals surface area contributed by atoms with Crippen molar-refractivity contribution in [1.82, 2.24) is 19.2 Å². The first-order chi connectivity index (χ1) is 24.1. The summed E-state index contributed by atoms with van der Waals surface area (Å²) >= 11 is 0. The molecule has 2 aromatic heterocycles. The second-order valence-electron chi connectivity index (χ2n) is 12.4. The lowest BCUT2D eigenvalue weighted by Gasteiger charge is -2.51. The Morgan fingerprint density at radius 1 is 1.06 bits per heavy atom. The molecule has 2 fully saturated rings. The number of carbonyl (C=O) groups excluding carboxylic acids is 2. The van der Waals surface area contributed by atoms with Gasteiger partial charge in [-0.15, -0.1) is 0 Å². The summed E-state index contributed by atoms with van der Waals surface area (Å²) in [5.74, 6) is -3.94. The molecule has 260 valence electrons. The Morgan fingerprint density at radius 2 is 1.86 bits per heavy atom. The molecule has 2 aromatic carbocycles. The van der Waals surface area contributed by atoms with E-state index in [1.165, 1.54) is 28.9 Å². The van der Waals surface area contributed by atoms with Crippen LogP contribution in [0.2, 0.25) is 0 Å². The number of carbonyl (C=O) groups is 2. The number of fused-ring (bicyclic) bond motifs is 7. The number of pyridine rings is 1. The van der Waals surface area contributed by atoms with Gasteiger partial charge in [0.1, 0.15) is 17.7 Å². The summed E-state index contributed by atoms with van der Waals surface area (Å²) in [4.78, 5) is 42.1. The second kappa shape index (κ2) is 11.9. The number of ether oxygens (including phenoxy) is 2. The van der Waals surface area contributed by atoms with E-state index >= 15 is 8.78 Å². The average Bonchev–Trinajstić information content (AvgIpc) is 3.76. The number of benzene rings is 2. The number of hydrogen-bond donors (Lipinski definition) is 1. The molecular formula is C34H32F2N5O8P. The van der Waals surface area contributed by atoms with Crippen LogP contribution in [0.4, 0.5) is 8.78 Å². The van der Waals surface area contributed by atoms with Crippen molar-refractivity contribution in [2.75, 3.05) is 38.5 Å². The monoisotopic (exact) mass is 707 g/mol. The van der Waals surface area contributed by atoms with Gasteiger partial charge in [-0.1, -0.05) is 24.3 Å². The first-order valence-electron chi connectivity index (χ1n) is 16.1. The molecule has 4 aromatic rings. The van der Waals surface area contributed by atoms with Gasteiger partial charge >= 0.3 is 13.7 Å². The lowest BCUT2D eigenvalue weighted by Crippen LogP contribution is -2.66. The van der Waals surface area contributed by atoms with Crippen LogP contribution in [0.5, 0.6) is 5.75 Å². The topological polar surface area (TPSA) is 134 Å². The summed E-state index contributed by atoms with van der Waals surface area (Å²) in [5, 5.41) is 4.43. The zero-order chi connectivity index (χ0) is 34.9. The van der Waals surface area contributed by atoms with Crippen LogP contribution in [0.25, 0.3) is 16.9 Å². The van der Waals surface area contributed by atoms with Crippen LogP contribution in [0.1, 0.15) is 47.4 Å². The van der Waals surface area contributed by atoms with Crippen molar-refractivity contribution in [2.45, 2.75) is 37.5 Å². The molecule has 0 radical (unpaired) electrons. The highest BCUT2D eigenvalue weighted by molar-refractivity contribution is 7.52. The minimum Gasteiger partial charge on any atom is -0.468 e. The van der Waals surface area contributed by atoms with E-state index in [-0.39, 0.29) is 50.5 Å². The lowest BCUT2D eigenvalue weighted by atomic mass is 9.91. The van der Waals surface area contributed by atoms with Gasteiger partial charge in [0.15, 0.2) is 17.3 Å². The number of nitrogens with one attached hydrogen (secondary N) is 1. The zero-order valence-corrected chi connectivity index (χ0v) is 27.9. The van der Waals surface area contributed by atoms with Gasteiger partial charge in [0.05, 0.1) is 38.3 Å². The molecule has 0 bridgehead atoms. The Bertz CT molecular complexity index is 2170. The van der Waals surface area contributed by atoms with Crippen molar-refractivity contribution in [2.24, 2.45) is 0 Å². The Morgan fingerprint density at radius 3 is 2.62 bits per heavy atom. The van der Waals surface area contributed by atoms with Gasteiger partial charge in [0.25, 0.3) is 5.91 Å². The molecule has 1 saturated heterocycles. The van der Waals surface area contributed by atoms with Crippen LogP contribution in [0, 0.1) is 11.6 Å². The smallest absolute Gasteiger partial charge is 0.459 e. The Kier molecular flexibility index (Phi) is 7.71. The molecule has 3 aliphatic heterocycles. The summed E-state index contributed by atoms with van der Waals surface area (Å²) in [6.45, 7) is 1.79. The number of nitrogens with zero attached hydrogens (tertiary/aromatic N) is 4. The van der Waals surface area contributed by atoms with E-state index in [0.717, 1.165) is 12.1 Å². The molecule has 1 amide bonds. The number of esters is 1. The Hall–Kier alpha value is -4.82. The van der Waals surface area contributed by atoms with Crippen LogP contribution in [-0.4, -0.2) is 71.2 Å². The minimum atomic E-state index is -4.48. The number of amides is 1. The zero-order valence-electron chi connectivity index (χ0n) is 27.0. The largest absolute Gasteiger partial charge is 0.468 e. The number of methoxy groups -OCH3 is 1. The maximum absolute atomic E-state index is 16.0. The predicted molar refractivity (Wildman–Crippen MR) is 175 cm³/mol. The normalized spacial score (nSPS) is 21.1. The van der Waals surface area contributed by atoms with E-state index < -0.39 is 60.2 Å². The van der Waals surface area contributed by atoms with Crippen molar-refractivity contribution < 1.29 is 41.5 Å². The SMILES string of the molecule is CCOP(=O)(NC1(C(=O)OC)CC1)Oc1c2n(ccc1=O)N(C1c3ccccc3-n3cccc3-c3c1ccc(F)c3F)C1COCCN1C2=O. The number of halogens is 2. The van der Waals surface area contributed by atoms with Crippen LogP contribution in [-0.2, 0) is 23.4 Å². The number of morpholine rings is 1. The summed E-state index contributed by atoms with van der Waals surface area (Å²) in [5.41, 5.74) is -0.206. The standard InChI is InChI=1S/C34H32F2N5O8P/c1-3-48-50(45,37-34(13-14-34)33(44)46-2)49-31-25(42)12-16-40-30(31)32(43)39-17-18-47-19-26(39)41(40)29-20-7-4-5-8-23(20)38-15-6-9-24(38)27-21(29)10-11-22(35)28(27)36/h4-12,15-16,26,29H,3,13-14,17-19H2,1-2H3,(H,37,45). The third kappa shape index (κ3) is 4.90. The van der Waals surface area contributed by atoms with E-state index in [2.05, 4.69) is 5.09 Å². The molecule has 1 N–H and O–H groups in total. The molecule has 13 nitrogen and oxygen atoms in total. The summed E-state index contributed by atoms with van der Waals surface area (Å²) in [7, 11) is -3.29. The molecule has 16 heteroatoms. The van der Waals surface area contributed by atoms with Gasteiger partial charge in [-0.2, -0.15) is 5.09 Å². The highest BCUT2D eigenvalue weighted by Gasteiger charge is 2.57. The molecule has 0 spiro atoms. The third-order valence-corrected chi connectivity index (χ3v) is 11.2. The van der Waals surface area contributed by atoms with Crippen LogP contribution in [0.3, 0.4) is 0 Å². The van der Waals surface area contributed by atoms with Crippen molar-refractivity contribution in [3.8, 4) is 22.7 Å². The Balaban J connectivity index is 1.35. The Labute approximate surface area is 284 Å². The van der Waals surface area contributed by atoms with Crippen LogP contribution >= 0.6 is 7.75 Å². The van der Waals surface area contributed by atoms with Crippen molar-refractivity contribution in [1.29, 1.82) is 0 Å². The van der Waals surface area contributed by atoms with E-state index in [0.29, 0.717) is 22.5 Å². The highest BCUT2D eigenvalue weighted by atomic mass is 31.2. The molecule has 4 aliphatic rings. The summed E-state index contributed by atoms with van der Waals surface area (Å²) in [6.07, 6.45) is 2.93. The fraction of sp³-hybridized carbons (Fsp3) is 0.324. The number of rotatable bonds is 8. The fourth-order valence-electron chi connectivity index (χ4n) is 7.16. The van der Waals surface area contributed by atoms with Crippen LogP contribution < -0.4 is 20.0 Å². The maximum Gasteiger partial charge on any atom is 0.459 e. The van der Waals surface area contributed by atoms with Gasteiger partial charge in [-0.25, -0.2) is 13.3 Å². The number of para-hydroxylation sites is 1. The molecule has 3 unspecified atom stereocenters. The summed E-state index contributed by atoms with van der Waals surface area (Å²) < 4.78 is 70.7. The highest BCUT2D eigenvalue weighted by Crippen LogP contribution is 2.53.